The van der Waals surface area contributed by atoms with Gasteiger partial charge in [0.2, 0.25) is 0 Å². The zero-order chi connectivity index (χ0) is 33.2. The number of hydrogen-bond donors (Lipinski definition) is 2. The fourth-order valence-electron chi connectivity index (χ4n) is 4.88. The molecule has 3 heterocycles. The number of rotatable bonds is 7. The lowest BCUT2D eigenvalue weighted by atomic mass is 10.00. The number of halogens is 2. The van der Waals surface area contributed by atoms with Crippen molar-refractivity contribution in [3.63, 3.8) is 0 Å². The van der Waals surface area contributed by atoms with E-state index in [4.69, 9.17) is 30.5 Å². The molecule has 1 aliphatic heterocycles. The zero-order valence-electron chi connectivity index (χ0n) is 26.2. The van der Waals surface area contributed by atoms with E-state index in [2.05, 4.69) is 41.1 Å². The normalized spacial score (nSPS) is 16.9. The van der Waals surface area contributed by atoms with Crippen LogP contribution >= 0.6 is 27.5 Å². The topological polar surface area (TPSA) is 159 Å². The summed E-state index contributed by atoms with van der Waals surface area (Å²) in [5, 5.41) is 5.56. The van der Waals surface area contributed by atoms with E-state index < -0.39 is 35.0 Å². The predicted molar refractivity (Wildman–Crippen MR) is 170 cm³/mol. The summed E-state index contributed by atoms with van der Waals surface area (Å²) in [6.07, 6.45) is 0.840. The van der Waals surface area contributed by atoms with E-state index in [0.29, 0.717) is 36.7 Å². The maximum absolute atomic E-state index is 12.7. The largest absolute Gasteiger partial charge is 0.444 e. The van der Waals surface area contributed by atoms with Crippen molar-refractivity contribution >= 4 is 62.7 Å². The number of alkyl carbamates (subject to hydrolysis) is 2. The summed E-state index contributed by atoms with van der Waals surface area (Å²) >= 11 is 10.2. The number of imidazole rings is 1. The number of carbonyl (C=O) groups excluding carboxylic acids is 3. The molecule has 1 fully saturated rings. The van der Waals surface area contributed by atoms with E-state index in [-0.39, 0.29) is 18.0 Å². The quantitative estimate of drug-likeness (QED) is 0.322. The second-order valence-electron chi connectivity index (χ2n) is 12.6. The van der Waals surface area contributed by atoms with Gasteiger partial charge in [-0.05, 0) is 60.1 Å². The first-order chi connectivity index (χ1) is 21.0. The van der Waals surface area contributed by atoms with Crippen LogP contribution in [0.5, 0.6) is 5.88 Å². The van der Waals surface area contributed by atoms with Gasteiger partial charge in [-0.15, -0.1) is 0 Å². The number of fused-ring (bicyclic) bond motifs is 1. The van der Waals surface area contributed by atoms with Crippen molar-refractivity contribution in [2.75, 3.05) is 31.7 Å². The van der Waals surface area contributed by atoms with Crippen LogP contribution < -0.4 is 20.3 Å². The number of amides is 3. The number of carbonyl (C=O) groups is 3. The molecule has 45 heavy (non-hydrogen) atoms. The van der Waals surface area contributed by atoms with E-state index >= 15 is 0 Å². The maximum atomic E-state index is 12.7. The molecule has 244 valence electrons. The van der Waals surface area contributed by atoms with Crippen LogP contribution in [0.4, 0.5) is 20.1 Å². The van der Waals surface area contributed by atoms with E-state index in [1.165, 1.54) is 6.33 Å². The number of nitrogens with one attached hydrogen (secondary N) is 2. The van der Waals surface area contributed by atoms with Gasteiger partial charge in [0.05, 0.1) is 25.0 Å². The summed E-state index contributed by atoms with van der Waals surface area (Å²) in [4.78, 5) is 51.9. The highest BCUT2D eigenvalue weighted by atomic mass is 79.9. The minimum absolute atomic E-state index is 0.132. The van der Waals surface area contributed by atoms with Crippen LogP contribution in [0, 0.1) is 0 Å². The van der Waals surface area contributed by atoms with Gasteiger partial charge in [0.1, 0.15) is 17.5 Å². The Labute approximate surface area is 274 Å². The fraction of sp³-hybridized carbons (Fsp3) is 0.517. The van der Waals surface area contributed by atoms with Crippen molar-refractivity contribution in [1.82, 2.24) is 30.2 Å². The highest BCUT2D eigenvalue weighted by Crippen LogP contribution is 2.37. The zero-order valence-corrected chi connectivity index (χ0v) is 28.5. The van der Waals surface area contributed by atoms with Crippen molar-refractivity contribution in [3.8, 4) is 5.88 Å². The van der Waals surface area contributed by atoms with Crippen molar-refractivity contribution in [2.45, 2.75) is 71.2 Å². The van der Waals surface area contributed by atoms with Gasteiger partial charge in [0.25, 0.3) is 5.88 Å². The van der Waals surface area contributed by atoms with Crippen molar-refractivity contribution < 1.29 is 33.3 Å². The van der Waals surface area contributed by atoms with Crippen LogP contribution in [0.3, 0.4) is 0 Å². The molecule has 4 rings (SSSR count). The Bertz CT molecular complexity index is 1590. The Morgan fingerprint density at radius 2 is 1.71 bits per heavy atom. The number of nitrogens with zero attached hydrogens (tertiary/aromatic N) is 5. The van der Waals surface area contributed by atoms with Crippen LogP contribution in [0.25, 0.3) is 11.2 Å². The van der Waals surface area contributed by atoms with Gasteiger partial charge in [-0.25, -0.2) is 29.7 Å². The summed E-state index contributed by atoms with van der Waals surface area (Å²) in [5.41, 5.74) is 0.172. The van der Waals surface area contributed by atoms with Crippen LogP contribution in [-0.2, 0) is 20.8 Å². The van der Waals surface area contributed by atoms with E-state index in [1.54, 1.807) is 44.8 Å². The van der Waals surface area contributed by atoms with Crippen LogP contribution in [0.2, 0.25) is 5.02 Å². The Morgan fingerprint density at radius 3 is 2.38 bits per heavy atom. The number of ether oxygens (including phenoxy) is 4. The lowest BCUT2D eigenvalue weighted by molar-refractivity contribution is 0.0383. The van der Waals surface area contributed by atoms with Crippen molar-refractivity contribution in [1.29, 1.82) is 0 Å². The molecule has 16 heteroatoms. The molecule has 3 aromatic rings. The standard InChI is InChI=1S/C29H37BrClN7O7/c1-27(2,3)44-25(40)35-24(39)43-23-21-22(32-15-33-23)38(16-34-21)12-18-19(30)10-17(31)11-20(18)37-9-8-29(13-37,14-42-7)36-26(41)45-28(4,5)6/h10-11,15-16H,8-9,12-14H2,1-7H3,(H,36,41)(H,35,39,40). The Hall–Kier alpha value is -3.69. The minimum atomic E-state index is -1.07. The summed E-state index contributed by atoms with van der Waals surface area (Å²) in [6, 6.07) is 3.66. The van der Waals surface area contributed by atoms with Crippen molar-refractivity contribution in [2.24, 2.45) is 0 Å². The van der Waals surface area contributed by atoms with Gasteiger partial charge < -0.3 is 33.7 Å². The summed E-state index contributed by atoms with van der Waals surface area (Å²) < 4.78 is 23.9. The van der Waals surface area contributed by atoms with Crippen LogP contribution in [-0.4, -0.2) is 81.3 Å². The molecule has 1 aliphatic rings. The van der Waals surface area contributed by atoms with Gasteiger partial charge in [-0.2, -0.15) is 4.98 Å². The number of anilines is 1. The van der Waals surface area contributed by atoms with E-state index in [9.17, 15) is 14.4 Å². The first-order valence-electron chi connectivity index (χ1n) is 14.1. The second-order valence-corrected chi connectivity index (χ2v) is 13.9. The first-order valence-corrected chi connectivity index (χ1v) is 15.3. The summed E-state index contributed by atoms with van der Waals surface area (Å²) in [5.74, 6) is -0.132. The molecule has 2 aromatic heterocycles. The number of methoxy groups -OCH3 is 1. The Kier molecular flexibility index (Phi) is 10.1. The van der Waals surface area contributed by atoms with E-state index in [0.717, 1.165) is 15.7 Å². The third-order valence-electron chi connectivity index (χ3n) is 6.51. The molecule has 0 bridgehead atoms. The molecule has 3 amide bonds. The SMILES string of the molecule is COCC1(NC(=O)OC(C)(C)C)CCN(c2cc(Cl)cc(Br)c2Cn2cnc3c(OC(=O)NC(=O)OC(C)(C)C)ncnc32)C1. The highest BCUT2D eigenvalue weighted by Gasteiger charge is 2.41. The number of hydrogen-bond acceptors (Lipinski definition) is 11. The molecule has 2 N–H and O–H groups in total. The lowest BCUT2D eigenvalue weighted by Gasteiger charge is -2.32. The molecule has 1 unspecified atom stereocenters. The summed E-state index contributed by atoms with van der Waals surface area (Å²) in [6.45, 7) is 12.1. The average molecular weight is 711 g/mol. The minimum Gasteiger partial charge on any atom is -0.444 e. The first kappa shape index (κ1) is 34.2. The molecule has 0 saturated carbocycles. The Balaban J connectivity index is 1.58. The molecule has 0 spiro atoms. The van der Waals surface area contributed by atoms with Crippen molar-refractivity contribution in [3.05, 3.63) is 39.8 Å². The van der Waals surface area contributed by atoms with Gasteiger partial charge in [0.15, 0.2) is 11.2 Å². The predicted octanol–water partition coefficient (Wildman–Crippen LogP) is 5.43. The van der Waals surface area contributed by atoms with Crippen LogP contribution in [0.15, 0.2) is 29.3 Å². The van der Waals surface area contributed by atoms with Crippen LogP contribution in [0.1, 0.15) is 53.5 Å². The molecule has 14 nitrogen and oxygen atoms in total. The van der Waals surface area contributed by atoms with Gasteiger partial charge in [-0.3, -0.25) is 0 Å². The average Bonchev–Trinajstić information content (AvgIpc) is 3.48. The lowest BCUT2D eigenvalue weighted by Crippen LogP contribution is -2.54. The molecular formula is C29H37BrClN7O7. The van der Waals surface area contributed by atoms with E-state index in [1.807, 2.05) is 32.2 Å². The van der Waals surface area contributed by atoms with Gasteiger partial charge >= 0.3 is 18.3 Å². The molecular weight excluding hydrogens is 674 g/mol. The molecule has 1 aromatic carbocycles. The third kappa shape index (κ3) is 8.95. The molecule has 0 aliphatic carbocycles. The van der Waals surface area contributed by atoms with Gasteiger partial charge in [-0.1, -0.05) is 27.5 Å². The molecule has 1 atom stereocenters. The fourth-order valence-corrected chi connectivity index (χ4v) is 5.80. The third-order valence-corrected chi connectivity index (χ3v) is 7.43. The smallest absolute Gasteiger partial charge is 0.423 e. The van der Waals surface area contributed by atoms with Gasteiger partial charge in [0, 0.05) is 40.9 Å². The second kappa shape index (κ2) is 13.3. The highest BCUT2D eigenvalue weighted by molar-refractivity contribution is 9.10. The number of imide groups is 1. The number of benzene rings is 1. The Morgan fingerprint density at radius 1 is 1.02 bits per heavy atom. The molecule has 0 radical (unpaired) electrons. The maximum Gasteiger partial charge on any atom is 0.423 e. The molecule has 1 saturated heterocycles. The number of aromatic nitrogens is 4. The monoisotopic (exact) mass is 709 g/mol. The summed E-state index contributed by atoms with van der Waals surface area (Å²) in [7, 11) is 1.59.